The standard InChI is InChI=1S/C25H35N5O5S/c1-23(2,3)29-36(34,35)18-7-5-6-17(14-18)27-22(32)20-21(28-19(15-26-20)24(4,33)16-31)30-12-10-25(8-9-25)11-13-30/h5-7,14-15,29,31,33H,8-13,16H2,1-4H3,(H,27,32). The average molecular weight is 518 g/mol. The molecule has 4 N–H and O–H groups in total. The normalized spacial score (nSPS) is 19.1. The molecule has 1 aromatic heterocycles. The summed E-state index contributed by atoms with van der Waals surface area (Å²) in [5.41, 5.74) is -1.31. The first-order valence-electron chi connectivity index (χ1n) is 12.1. The lowest BCUT2D eigenvalue weighted by molar-refractivity contribution is -0.00612. The van der Waals surface area contributed by atoms with Crippen LogP contribution in [0.15, 0.2) is 35.4 Å². The number of carbonyl (C=O) groups is 1. The van der Waals surface area contributed by atoms with Crippen molar-refractivity contribution in [3.05, 3.63) is 41.9 Å². The molecule has 1 unspecified atom stereocenters. The molecule has 11 heteroatoms. The second-order valence-corrected chi connectivity index (χ2v) is 12.9. The molecule has 1 aliphatic carbocycles. The molecule has 2 aromatic rings. The van der Waals surface area contributed by atoms with Crippen LogP contribution in [-0.4, -0.2) is 59.7 Å². The molecule has 1 aromatic carbocycles. The Hall–Kier alpha value is -2.60. The molecular weight excluding hydrogens is 482 g/mol. The third-order valence-electron chi connectivity index (χ3n) is 6.75. The summed E-state index contributed by atoms with van der Waals surface area (Å²) in [4.78, 5) is 24.2. The van der Waals surface area contributed by atoms with Crippen LogP contribution < -0.4 is 14.9 Å². The second-order valence-electron chi connectivity index (χ2n) is 11.2. The number of carbonyl (C=O) groups excluding carboxylic acids is 1. The number of amides is 1. The van der Waals surface area contributed by atoms with Gasteiger partial charge in [-0.05, 0) is 77.0 Å². The number of anilines is 2. The molecule has 1 saturated carbocycles. The number of sulfonamides is 1. The van der Waals surface area contributed by atoms with Crippen molar-refractivity contribution in [2.75, 3.05) is 29.9 Å². The smallest absolute Gasteiger partial charge is 0.278 e. The van der Waals surface area contributed by atoms with E-state index in [0.717, 1.165) is 12.8 Å². The van der Waals surface area contributed by atoms with Gasteiger partial charge in [-0.3, -0.25) is 4.79 Å². The maximum Gasteiger partial charge on any atom is 0.278 e. The van der Waals surface area contributed by atoms with Crippen LogP contribution in [0.1, 0.15) is 69.6 Å². The van der Waals surface area contributed by atoms with Crippen LogP contribution in [0.3, 0.4) is 0 Å². The Balaban J connectivity index is 1.62. The van der Waals surface area contributed by atoms with Gasteiger partial charge in [-0.1, -0.05) is 6.07 Å². The first-order chi connectivity index (χ1) is 16.7. The molecule has 1 spiro atoms. The van der Waals surface area contributed by atoms with Crippen molar-refractivity contribution in [1.29, 1.82) is 0 Å². The van der Waals surface area contributed by atoms with Gasteiger partial charge in [-0.25, -0.2) is 23.1 Å². The summed E-state index contributed by atoms with van der Waals surface area (Å²) in [6.45, 7) is 7.57. The molecular formula is C25H35N5O5S. The Morgan fingerprint density at radius 1 is 1.14 bits per heavy atom. The fourth-order valence-electron chi connectivity index (χ4n) is 4.36. The first kappa shape index (κ1) is 26.5. The summed E-state index contributed by atoms with van der Waals surface area (Å²) in [7, 11) is -3.79. The molecule has 0 bridgehead atoms. The first-order valence-corrected chi connectivity index (χ1v) is 13.6. The second kappa shape index (κ2) is 9.37. The molecule has 4 rings (SSSR count). The maximum atomic E-state index is 13.3. The van der Waals surface area contributed by atoms with E-state index in [1.54, 1.807) is 32.9 Å². The van der Waals surface area contributed by atoms with E-state index in [2.05, 4.69) is 20.0 Å². The third kappa shape index (κ3) is 5.86. The number of nitrogens with one attached hydrogen (secondary N) is 2. The highest BCUT2D eigenvalue weighted by molar-refractivity contribution is 7.89. The van der Waals surface area contributed by atoms with Crippen molar-refractivity contribution >= 4 is 27.4 Å². The van der Waals surface area contributed by atoms with Crippen molar-refractivity contribution in [2.24, 2.45) is 5.41 Å². The fourth-order valence-corrected chi connectivity index (χ4v) is 5.83. The van der Waals surface area contributed by atoms with Crippen molar-refractivity contribution in [1.82, 2.24) is 14.7 Å². The molecule has 0 radical (unpaired) electrons. The zero-order valence-corrected chi connectivity index (χ0v) is 22.0. The number of hydrogen-bond donors (Lipinski definition) is 4. The summed E-state index contributed by atoms with van der Waals surface area (Å²) in [5.74, 6) is -0.204. The van der Waals surface area contributed by atoms with E-state index >= 15 is 0 Å². The van der Waals surface area contributed by atoms with Gasteiger partial charge in [0.05, 0.1) is 23.4 Å². The van der Waals surface area contributed by atoms with Crippen LogP contribution in [0, 0.1) is 5.41 Å². The molecule has 2 aliphatic rings. The molecule has 1 aliphatic heterocycles. The summed E-state index contributed by atoms with van der Waals surface area (Å²) >= 11 is 0. The number of rotatable bonds is 7. The van der Waals surface area contributed by atoms with Crippen molar-refractivity contribution in [3.8, 4) is 0 Å². The third-order valence-corrected chi connectivity index (χ3v) is 8.51. The molecule has 1 amide bonds. The Morgan fingerprint density at radius 2 is 1.81 bits per heavy atom. The van der Waals surface area contributed by atoms with Crippen LogP contribution >= 0.6 is 0 Å². The van der Waals surface area contributed by atoms with Gasteiger partial charge in [-0.2, -0.15) is 0 Å². The van der Waals surface area contributed by atoms with Gasteiger partial charge in [0.25, 0.3) is 5.91 Å². The Morgan fingerprint density at radius 3 is 2.39 bits per heavy atom. The minimum Gasteiger partial charge on any atom is -0.393 e. The van der Waals surface area contributed by atoms with Crippen LogP contribution in [0.25, 0.3) is 0 Å². The van der Waals surface area contributed by atoms with Crippen LogP contribution in [0.5, 0.6) is 0 Å². The van der Waals surface area contributed by atoms with E-state index in [-0.39, 0.29) is 16.3 Å². The van der Waals surface area contributed by atoms with Crippen molar-refractivity contribution in [2.45, 2.75) is 69.4 Å². The van der Waals surface area contributed by atoms with Crippen LogP contribution in [0.4, 0.5) is 11.5 Å². The van der Waals surface area contributed by atoms with Crippen molar-refractivity contribution < 1.29 is 23.4 Å². The van der Waals surface area contributed by atoms with E-state index < -0.39 is 33.7 Å². The minimum absolute atomic E-state index is 0.0293. The molecule has 36 heavy (non-hydrogen) atoms. The monoisotopic (exact) mass is 517 g/mol. The number of aliphatic hydroxyl groups excluding tert-OH is 1. The quantitative estimate of drug-likeness (QED) is 0.438. The SMILES string of the molecule is CC(C)(C)NS(=O)(=O)c1cccc(NC(=O)c2ncc(C(C)(O)CO)nc2N2CCC3(CC2)CC3)c1. The Bertz CT molecular complexity index is 1240. The summed E-state index contributed by atoms with van der Waals surface area (Å²) in [6.07, 6.45) is 5.73. The van der Waals surface area contributed by atoms with Crippen molar-refractivity contribution in [3.63, 3.8) is 0 Å². The number of aromatic nitrogens is 2. The van der Waals surface area contributed by atoms with Gasteiger partial charge in [0, 0.05) is 24.3 Å². The molecule has 1 atom stereocenters. The predicted molar refractivity (Wildman–Crippen MR) is 136 cm³/mol. The number of piperidine rings is 1. The lowest BCUT2D eigenvalue weighted by Gasteiger charge is -2.34. The largest absolute Gasteiger partial charge is 0.393 e. The Labute approximate surface area is 212 Å². The van der Waals surface area contributed by atoms with E-state index in [1.807, 2.05) is 4.90 Å². The molecule has 2 fully saturated rings. The summed E-state index contributed by atoms with van der Waals surface area (Å²) < 4.78 is 28.1. The van der Waals surface area contributed by atoms with Gasteiger partial charge in [0.2, 0.25) is 10.0 Å². The lowest BCUT2D eigenvalue weighted by Crippen LogP contribution is -2.40. The summed E-state index contributed by atoms with van der Waals surface area (Å²) in [6, 6.07) is 6.01. The van der Waals surface area contributed by atoms with E-state index in [1.165, 1.54) is 38.1 Å². The van der Waals surface area contributed by atoms with Gasteiger partial charge in [-0.15, -0.1) is 0 Å². The van der Waals surface area contributed by atoms with E-state index in [0.29, 0.717) is 30.0 Å². The number of benzene rings is 1. The van der Waals surface area contributed by atoms with Crippen LogP contribution in [0.2, 0.25) is 0 Å². The minimum atomic E-state index is -3.79. The van der Waals surface area contributed by atoms with E-state index in [9.17, 15) is 23.4 Å². The number of hydrogen-bond acceptors (Lipinski definition) is 8. The zero-order valence-electron chi connectivity index (χ0n) is 21.2. The highest BCUT2D eigenvalue weighted by Gasteiger charge is 2.45. The lowest BCUT2D eigenvalue weighted by atomic mass is 9.93. The highest BCUT2D eigenvalue weighted by Crippen LogP contribution is 2.54. The van der Waals surface area contributed by atoms with Crippen LogP contribution in [-0.2, 0) is 15.6 Å². The van der Waals surface area contributed by atoms with Gasteiger partial charge in [0.1, 0.15) is 5.60 Å². The maximum absolute atomic E-state index is 13.3. The van der Waals surface area contributed by atoms with Gasteiger partial charge in [0.15, 0.2) is 11.5 Å². The topological polar surface area (TPSA) is 145 Å². The predicted octanol–water partition coefficient (Wildman–Crippen LogP) is 2.39. The highest BCUT2D eigenvalue weighted by atomic mass is 32.2. The zero-order chi connectivity index (χ0) is 26.4. The average Bonchev–Trinajstić information content (AvgIpc) is 3.56. The van der Waals surface area contributed by atoms with Gasteiger partial charge >= 0.3 is 0 Å². The molecule has 10 nitrogen and oxygen atoms in total. The molecule has 1 saturated heterocycles. The number of aliphatic hydroxyl groups is 2. The van der Waals surface area contributed by atoms with E-state index in [4.69, 9.17) is 0 Å². The molecule has 196 valence electrons. The molecule has 2 heterocycles. The summed E-state index contributed by atoms with van der Waals surface area (Å²) in [5, 5.41) is 22.9. The number of nitrogens with zero attached hydrogens (tertiary/aromatic N) is 3. The fraction of sp³-hybridized carbons (Fsp3) is 0.560. The van der Waals surface area contributed by atoms with Gasteiger partial charge < -0.3 is 20.4 Å². The Kier molecular flexibility index (Phi) is 6.89.